The van der Waals surface area contributed by atoms with Gasteiger partial charge in [0.25, 0.3) is 15.9 Å². The number of aryl methyl sites for hydroxylation is 1. The number of fused-ring (bicyclic) bond motifs is 1. The molecule has 1 heterocycles. The summed E-state index contributed by atoms with van der Waals surface area (Å²) < 4.78 is 80.9. The van der Waals surface area contributed by atoms with Crippen LogP contribution in [0.2, 0.25) is 0 Å². The second-order valence-corrected chi connectivity index (χ2v) is 15.0. The van der Waals surface area contributed by atoms with Crippen molar-refractivity contribution in [2.45, 2.75) is 82.8 Å². The van der Waals surface area contributed by atoms with Crippen LogP contribution in [-0.2, 0) is 27.5 Å². The topological polar surface area (TPSA) is 108 Å². The Morgan fingerprint density at radius 2 is 1.72 bits per heavy atom. The van der Waals surface area contributed by atoms with Crippen LogP contribution in [0.3, 0.4) is 0 Å². The van der Waals surface area contributed by atoms with Gasteiger partial charge in [-0.15, -0.1) is 0 Å². The molecule has 1 aliphatic heterocycles. The summed E-state index contributed by atoms with van der Waals surface area (Å²) in [5.41, 5.74) is 1.27. The Labute approximate surface area is 293 Å². The van der Waals surface area contributed by atoms with E-state index in [9.17, 15) is 31.5 Å². The summed E-state index contributed by atoms with van der Waals surface area (Å²) in [6.07, 6.45) is -2.76. The second kappa shape index (κ2) is 17.0. The lowest BCUT2D eigenvalue weighted by atomic mass is 10.0. The van der Waals surface area contributed by atoms with Gasteiger partial charge in [0, 0.05) is 37.8 Å². The predicted molar refractivity (Wildman–Crippen MR) is 187 cm³/mol. The quantitative estimate of drug-likeness (QED) is 0.252. The molecule has 0 saturated carbocycles. The molecule has 4 rings (SSSR count). The third kappa shape index (κ3) is 10.7. The normalized spacial score (nSPS) is 20.5. The molecular formula is C37H48F3N3O6S. The summed E-state index contributed by atoms with van der Waals surface area (Å²) in [5.74, 6) is -0.354. The standard InChI is InChI=1S/C37H48F3N3O6S/c1-25-9-16-32(17-10-25)50(46,47)41-31-15-18-34-33(20-31)36(45)43(27(3)24-44)21-26(2)35(48-19-7-6-8-28(4)49-34)23-42(5)22-29-11-13-30(14-12-29)37(38,39)40/h9-18,20,26-28,35,41,44H,6-8,19,21-24H2,1-5H3/t26-,27+,28-,35-/m1/s1. The molecule has 1 aliphatic rings. The van der Waals surface area contributed by atoms with Crippen LogP contribution < -0.4 is 9.46 Å². The first kappa shape index (κ1) is 39.1. The molecule has 274 valence electrons. The van der Waals surface area contributed by atoms with Gasteiger partial charge in [0.05, 0.1) is 40.9 Å². The van der Waals surface area contributed by atoms with Crippen LogP contribution in [0.1, 0.15) is 67.1 Å². The number of carbonyl (C=O) groups is 1. The maximum absolute atomic E-state index is 14.4. The smallest absolute Gasteiger partial charge is 0.416 e. The van der Waals surface area contributed by atoms with Crippen molar-refractivity contribution >= 4 is 21.6 Å². The van der Waals surface area contributed by atoms with Crippen molar-refractivity contribution in [1.29, 1.82) is 0 Å². The summed E-state index contributed by atoms with van der Waals surface area (Å²) in [6.45, 7) is 8.65. The van der Waals surface area contributed by atoms with Gasteiger partial charge in [-0.2, -0.15) is 13.2 Å². The molecule has 0 aromatic heterocycles. The van der Waals surface area contributed by atoms with E-state index in [0.717, 1.165) is 36.1 Å². The number of aliphatic hydroxyl groups excluding tert-OH is 1. The Morgan fingerprint density at radius 3 is 2.36 bits per heavy atom. The van der Waals surface area contributed by atoms with Gasteiger partial charge in [-0.3, -0.25) is 14.4 Å². The van der Waals surface area contributed by atoms with E-state index in [4.69, 9.17) is 9.47 Å². The SMILES string of the molecule is Cc1ccc(S(=O)(=O)Nc2ccc3c(c2)C(=O)N([C@@H](C)CO)C[C@@H](C)[C@@H](CN(C)Cc2ccc(C(F)(F)F)cc2)OCCCC[C@@H](C)O3)cc1. The van der Waals surface area contributed by atoms with Gasteiger partial charge in [-0.25, -0.2) is 8.42 Å². The Bertz CT molecular complexity index is 1670. The third-order valence-electron chi connectivity index (χ3n) is 8.86. The number of nitrogens with zero attached hydrogens (tertiary/aromatic N) is 2. The summed E-state index contributed by atoms with van der Waals surface area (Å²) in [4.78, 5) is 18.0. The minimum absolute atomic E-state index is 0.0815. The van der Waals surface area contributed by atoms with E-state index < -0.39 is 33.7 Å². The number of rotatable bonds is 9. The van der Waals surface area contributed by atoms with E-state index in [1.807, 2.05) is 32.7 Å². The molecule has 50 heavy (non-hydrogen) atoms. The molecule has 0 unspecified atom stereocenters. The maximum Gasteiger partial charge on any atom is 0.416 e. The van der Waals surface area contributed by atoms with Crippen molar-refractivity contribution < 1.29 is 41.0 Å². The Balaban J connectivity index is 1.61. The number of ether oxygens (including phenoxy) is 2. The lowest BCUT2D eigenvalue weighted by molar-refractivity contribution is -0.137. The fraction of sp³-hybridized carbons (Fsp3) is 0.486. The summed E-state index contributed by atoms with van der Waals surface area (Å²) in [6, 6.07) is 15.5. The average molecular weight is 720 g/mol. The van der Waals surface area contributed by atoms with E-state index in [0.29, 0.717) is 31.9 Å². The third-order valence-corrected chi connectivity index (χ3v) is 10.3. The molecule has 9 nitrogen and oxygen atoms in total. The molecule has 3 aromatic carbocycles. The zero-order valence-corrected chi connectivity index (χ0v) is 30.1. The summed E-state index contributed by atoms with van der Waals surface area (Å²) in [7, 11) is -2.09. The average Bonchev–Trinajstić information content (AvgIpc) is 3.06. The molecular weight excluding hydrogens is 671 g/mol. The number of halogens is 3. The van der Waals surface area contributed by atoms with Crippen LogP contribution in [-0.4, -0.2) is 80.8 Å². The number of anilines is 1. The molecule has 13 heteroatoms. The van der Waals surface area contributed by atoms with Crippen LogP contribution >= 0.6 is 0 Å². The number of likely N-dealkylation sites (N-methyl/N-ethyl adjacent to an activating group) is 1. The first-order valence-electron chi connectivity index (χ1n) is 16.9. The van der Waals surface area contributed by atoms with E-state index in [1.54, 1.807) is 36.1 Å². The maximum atomic E-state index is 14.4. The van der Waals surface area contributed by atoms with Gasteiger partial charge in [-0.1, -0.05) is 36.8 Å². The van der Waals surface area contributed by atoms with Gasteiger partial charge in [0.2, 0.25) is 0 Å². The minimum Gasteiger partial charge on any atom is -0.490 e. The summed E-state index contributed by atoms with van der Waals surface area (Å²) >= 11 is 0. The van der Waals surface area contributed by atoms with Crippen LogP contribution in [0.4, 0.5) is 18.9 Å². The Morgan fingerprint density at radius 1 is 1.04 bits per heavy atom. The highest BCUT2D eigenvalue weighted by molar-refractivity contribution is 7.92. The largest absolute Gasteiger partial charge is 0.490 e. The van der Waals surface area contributed by atoms with Gasteiger partial charge >= 0.3 is 6.18 Å². The number of benzene rings is 3. The number of nitrogens with one attached hydrogen (secondary N) is 1. The van der Waals surface area contributed by atoms with Crippen molar-refractivity contribution in [1.82, 2.24) is 9.80 Å². The Kier molecular flexibility index (Phi) is 13.3. The molecule has 0 spiro atoms. The first-order chi connectivity index (χ1) is 23.6. The van der Waals surface area contributed by atoms with E-state index in [-0.39, 0.29) is 47.4 Å². The lowest BCUT2D eigenvalue weighted by Crippen LogP contribution is -2.47. The molecule has 1 amide bonds. The number of aliphatic hydroxyl groups is 1. The van der Waals surface area contributed by atoms with E-state index in [1.165, 1.54) is 30.3 Å². The second-order valence-electron chi connectivity index (χ2n) is 13.3. The number of hydrogen-bond acceptors (Lipinski definition) is 7. The highest BCUT2D eigenvalue weighted by Crippen LogP contribution is 2.31. The van der Waals surface area contributed by atoms with Crippen molar-refractivity contribution in [3.8, 4) is 5.75 Å². The molecule has 3 aromatic rings. The summed E-state index contributed by atoms with van der Waals surface area (Å²) in [5, 5.41) is 10.2. The number of alkyl halides is 3. The minimum atomic E-state index is -4.41. The van der Waals surface area contributed by atoms with Crippen LogP contribution in [0, 0.1) is 12.8 Å². The van der Waals surface area contributed by atoms with Gasteiger partial charge in [0.1, 0.15) is 5.75 Å². The van der Waals surface area contributed by atoms with E-state index >= 15 is 0 Å². The molecule has 0 fully saturated rings. The number of carbonyl (C=O) groups excluding carboxylic acids is 1. The van der Waals surface area contributed by atoms with Crippen LogP contribution in [0.5, 0.6) is 5.75 Å². The van der Waals surface area contributed by atoms with Crippen molar-refractivity contribution in [2.24, 2.45) is 5.92 Å². The van der Waals surface area contributed by atoms with Crippen LogP contribution in [0.15, 0.2) is 71.6 Å². The van der Waals surface area contributed by atoms with Gasteiger partial charge < -0.3 is 19.5 Å². The van der Waals surface area contributed by atoms with Crippen molar-refractivity contribution in [3.63, 3.8) is 0 Å². The molecule has 2 N–H and O–H groups in total. The molecule has 0 bridgehead atoms. The predicted octanol–water partition coefficient (Wildman–Crippen LogP) is 6.74. The molecule has 0 saturated heterocycles. The zero-order chi connectivity index (χ0) is 36.6. The number of hydrogen-bond donors (Lipinski definition) is 2. The highest BCUT2D eigenvalue weighted by atomic mass is 32.2. The van der Waals surface area contributed by atoms with Crippen molar-refractivity contribution in [2.75, 3.05) is 38.1 Å². The fourth-order valence-corrected chi connectivity index (χ4v) is 6.91. The van der Waals surface area contributed by atoms with Gasteiger partial charge in [-0.05, 0) is 95.1 Å². The molecule has 4 atom stereocenters. The van der Waals surface area contributed by atoms with Crippen LogP contribution in [0.25, 0.3) is 0 Å². The lowest BCUT2D eigenvalue weighted by Gasteiger charge is -2.36. The Hall–Kier alpha value is -3.65. The molecule has 0 radical (unpaired) electrons. The monoisotopic (exact) mass is 719 g/mol. The number of sulfonamides is 1. The fourth-order valence-electron chi connectivity index (χ4n) is 5.86. The van der Waals surface area contributed by atoms with E-state index in [2.05, 4.69) is 4.72 Å². The molecule has 0 aliphatic carbocycles. The van der Waals surface area contributed by atoms with Crippen molar-refractivity contribution in [3.05, 3.63) is 89.0 Å². The zero-order valence-electron chi connectivity index (χ0n) is 29.2. The first-order valence-corrected chi connectivity index (χ1v) is 18.3. The number of amides is 1. The van der Waals surface area contributed by atoms with Gasteiger partial charge in [0.15, 0.2) is 0 Å². The highest BCUT2D eigenvalue weighted by Gasteiger charge is 2.32.